The summed E-state index contributed by atoms with van der Waals surface area (Å²) in [6.07, 6.45) is 68.6. The molecule has 12 nitrogen and oxygen atoms in total. The minimum absolute atomic E-state index is 0.0269. The smallest absolute Gasteiger partial charge is 0.335 e. The molecule has 0 aromatic rings. The van der Waals surface area contributed by atoms with Crippen molar-refractivity contribution in [2.75, 3.05) is 13.2 Å². The van der Waals surface area contributed by atoms with Gasteiger partial charge in [0.25, 0.3) is 0 Å². The summed E-state index contributed by atoms with van der Waals surface area (Å²) in [5, 5.41) is 31.6. The van der Waals surface area contributed by atoms with Crippen LogP contribution in [0.3, 0.4) is 0 Å². The molecule has 6 atom stereocenters. The van der Waals surface area contributed by atoms with Crippen LogP contribution in [0.2, 0.25) is 0 Å². The minimum atomic E-state index is -1.93. The zero-order valence-electron chi connectivity index (χ0n) is 51.6. The van der Waals surface area contributed by atoms with Gasteiger partial charge in [-0.25, -0.2) is 4.79 Å². The number of aliphatic hydroxyl groups is 2. The Hall–Kier alpha value is -5.14. The average Bonchev–Trinajstić information content (AvgIpc) is 3.60. The summed E-state index contributed by atoms with van der Waals surface area (Å²) >= 11 is 0. The predicted molar refractivity (Wildman–Crippen MR) is 340 cm³/mol. The lowest BCUT2D eigenvalue weighted by Gasteiger charge is -2.40. The van der Waals surface area contributed by atoms with Crippen LogP contribution >= 0.6 is 0 Å². The van der Waals surface area contributed by atoms with Crippen LogP contribution in [0.15, 0.2) is 134 Å². The number of rotatable bonds is 53. The van der Waals surface area contributed by atoms with E-state index in [0.717, 1.165) is 135 Å². The van der Waals surface area contributed by atoms with E-state index in [4.69, 9.17) is 23.7 Å². The van der Waals surface area contributed by atoms with Crippen LogP contribution in [0, 0.1) is 0 Å². The van der Waals surface area contributed by atoms with E-state index in [9.17, 15) is 34.5 Å². The number of hydrogen-bond acceptors (Lipinski definition) is 11. The summed E-state index contributed by atoms with van der Waals surface area (Å²) in [5.41, 5.74) is 0. The Labute approximate surface area is 502 Å². The van der Waals surface area contributed by atoms with Crippen molar-refractivity contribution in [2.24, 2.45) is 0 Å². The highest BCUT2D eigenvalue weighted by molar-refractivity contribution is 5.74. The lowest BCUT2D eigenvalue weighted by atomic mass is 9.98. The van der Waals surface area contributed by atoms with Crippen LogP contribution in [0.25, 0.3) is 0 Å². The number of carbonyl (C=O) groups is 4. The lowest BCUT2D eigenvalue weighted by molar-refractivity contribution is -0.301. The Balaban J connectivity index is 2.73. The molecule has 0 radical (unpaired) electrons. The van der Waals surface area contributed by atoms with Crippen molar-refractivity contribution >= 4 is 23.9 Å². The Morgan fingerprint density at radius 3 is 1.22 bits per heavy atom. The molecular formula is C71H112O12. The maximum absolute atomic E-state index is 13.1. The van der Waals surface area contributed by atoms with Gasteiger partial charge in [0.05, 0.1) is 13.0 Å². The maximum atomic E-state index is 13.1. The molecule has 0 aliphatic carbocycles. The topological polar surface area (TPSA) is 175 Å². The molecule has 0 aromatic heterocycles. The van der Waals surface area contributed by atoms with Gasteiger partial charge in [0.15, 0.2) is 24.6 Å². The monoisotopic (exact) mass is 1160 g/mol. The summed E-state index contributed by atoms with van der Waals surface area (Å²) in [6, 6.07) is 0. The van der Waals surface area contributed by atoms with Crippen molar-refractivity contribution in [3.8, 4) is 0 Å². The maximum Gasteiger partial charge on any atom is 0.335 e. The Morgan fingerprint density at radius 2 is 0.795 bits per heavy atom. The van der Waals surface area contributed by atoms with Crippen LogP contribution in [0.1, 0.15) is 239 Å². The molecule has 0 bridgehead atoms. The molecule has 468 valence electrons. The van der Waals surface area contributed by atoms with Crippen LogP contribution in [-0.2, 0) is 42.9 Å². The Morgan fingerprint density at radius 1 is 0.422 bits per heavy atom. The van der Waals surface area contributed by atoms with Gasteiger partial charge < -0.3 is 39.0 Å². The fourth-order valence-electron chi connectivity index (χ4n) is 8.81. The fraction of sp³-hybridized carbons (Fsp3) is 0.634. The fourth-order valence-corrected chi connectivity index (χ4v) is 8.81. The molecule has 83 heavy (non-hydrogen) atoms. The van der Waals surface area contributed by atoms with Crippen LogP contribution in [0.5, 0.6) is 0 Å². The number of unbranched alkanes of at least 4 members (excludes halogenated alkanes) is 18. The first-order valence-electron chi connectivity index (χ1n) is 32.2. The first-order valence-corrected chi connectivity index (χ1v) is 32.2. The van der Waals surface area contributed by atoms with E-state index >= 15 is 0 Å². The summed E-state index contributed by atoms with van der Waals surface area (Å²) < 4.78 is 28.4. The van der Waals surface area contributed by atoms with Crippen molar-refractivity contribution in [2.45, 2.75) is 276 Å². The molecule has 6 unspecified atom stereocenters. The van der Waals surface area contributed by atoms with E-state index in [1.807, 2.05) is 18.2 Å². The third-order valence-electron chi connectivity index (χ3n) is 13.7. The van der Waals surface area contributed by atoms with Crippen molar-refractivity contribution in [3.05, 3.63) is 134 Å². The van der Waals surface area contributed by atoms with Gasteiger partial charge in [-0.1, -0.05) is 231 Å². The van der Waals surface area contributed by atoms with Crippen molar-refractivity contribution in [3.63, 3.8) is 0 Å². The highest BCUT2D eigenvalue weighted by Crippen LogP contribution is 2.26. The van der Waals surface area contributed by atoms with Crippen LogP contribution < -0.4 is 0 Å². The van der Waals surface area contributed by atoms with E-state index in [-0.39, 0.29) is 25.9 Å². The highest BCUT2D eigenvalue weighted by Gasteiger charge is 2.50. The largest absolute Gasteiger partial charge is 0.479 e. The third kappa shape index (κ3) is 46.9. The molecule has 0 amide bonds. The van der Waals surface area contributed by atoms with E-state index in [0.29, 0.717) is 19.3 Å². The van der Waals surface area contributed by atoms with Crippen LogP contribution in [-0.4, -0.2) is 89.2 Å². The summed E-state index contributed by atoms with van der Waals surface area (Å²) in [5.74, 6) is -3.34. The molecule has 1 aliphatic rings. The van der Waals surface area contributed by atoms with Gasteiger partial charge in [-0.2, -0.15) is 0 Å². The number of esters is 3. The molecule has 0 aromatic carbocycles. The van der Waals surface area contributed by atoms with Gasteiger partial charge in [-0.05, 0) is 122 Å². The average molecular weight is 1160 g/mol. The molecule has 1 fully saturated rings. The molecule has 1 aliphatic heterocycles. The number of aliphatic carboxylic acids is 1. The molecule has 1 saturated heterocycles. The first-order chi connectivity index (χ1) is 40.6. The van der Waals surface area contributed by atoms with E-state index in [1.54, 1.807) is 6.08 Å². The SMILES string of the molecule is CC/C=C\C/C=C\C/C=C\C/C=C\C/C=C\CC(=O)OC(COC(=O)CCCCCCCC/C=C\C/C=C\C/C=C\CCCCC)COC1OC(C(=O)O)C(O)C(O)C1OC(=O)CCCCCCCC/C=C\C/C=C\C/C=C\CCCCC. The van der Waals surface area contributed by atoms with Gasteiger partial charge >= 0.3 is 23.9 Å². The normalized spacial score (nSPS) is 18.5. The van der Waals surface area contributed by atoms with Gasteiger partial charge in [0, 0.05) is 12.8 Å². The van der Waals surface area contributed by atoms with Gasteiger partial charge in [0.1, 0.15) is 18.8 Å². The number of carbonyl (C=O) groups excluding carboxylic acids is 3. The quantitative estimate of drug-likeness (QED) is 0.0228. The second-order valence-electron chi connectivity index (χ2n) is 21.3. The predicted octanol–water partition coefficient (Wildman–Crippen LogP) is 17.3. The molecule has 12 heteroatoms. The standard InChI is InChI=1S/C71H112O12/c1-4-7-10-13-16-19-22-25-28-30-32-34-37-39-42-45-48-51-54-57-63(72)79-60-62(81-64(73)58-55-52-49-46-43-40-36-27-24-21-18-15-12-9-6-3)61-80-71-69(67(76)66(75)68(83-71)70(77)78)82-65(74)59-56-53-50-47-44-41-38-35-33-31-29-26-23-20-17-14-11-8-5-2/h9,12,16-21,25-29,32-36,43,46,52,55,62,66-69,71,75-76H,4-8,10-11,13-15,22-24,30-31,37-42,44-45,47-51,53-54,56-61H2,1-3H3,(H,77,78)/b12-9-,19-16-,20-17-,21-18-,28-25-,29-26-,34-32-,35-33-,36-27-,46-43-,55-52-. The van der Waals surface area contributed by atoms with E-state index in [1.165, 1.54) is 44.9 Å². The number of aliphatic hydroxyl groups excluding tert-OH is 2. The molecule has 0 saturated carbocycles. The minimum Gasteiger partial charge on any atom is -0.479 e. The number of ether oxygens (including phenoxy) is 5. The molecule has 3 N–H and O–H groups in total. The number of carboxylic acid groups (broad SMARTS) is 1. The highest BCUT2D eigenvalue weighted by atomic mass is 16.7. The van der Waals surface area contributed by atoms with Gasteiger partial charge in [-0.15, -0.1) is 0 Å². The zero-order chi connectivity index (χ0) is 60.3. The third-order valence-corrected chi connectivity index (χ3v) is 13.7. The zero-order valence-corrected chi connectivity index (χ0v) is 51.6. The number of hydrogen-bond donors (Lipinski definition) is 3. The van der Waals surface area contributed by atoms with Gasteiger partial charge in [0.2, 0.25) is 0 Å². The number of allylic oxidation sites excluding steroid dienone is 21. The number of carboxylic acids is 1. The van der Waals surface area contributed by atoms with Gasteiger partial charge in [-0.3, -0.25) is 14.4 Å². The lowest BCUT2D eigenvalue weighted by Crippen LogP contribution is -2.61. The van der Waals surface area contributed by atoms with Crippen molar-refractivity contribution < 1.29 is 58.2 Å². The van der Waals surface area contributed by atoms with E-state index < -0.39 is 67.3 Å². The first kappa shape index (κ1) is 75.9. The molecule has 0 spiro atoms. The molecular weight excluding hydrogens is 1040 g/mol. The van der Waals surface area contributed by atoms with Crippen LogP contribution in [0.4, 0.5) is 0 Å². The Bertz CT molecular complexity index is 1950. The summed E-state index contributed by atoms with van der Waals surface area (Å²) in [6.45, 7) is 5.73. The second-order valence-corrected chi connectivity index (χ2v) is 21.3. The Kier molecular flexibility index (Phi) is 52.4. The van der Waals surface area contributed by atoms with Crippen molar-refractivity contribution in [1.29, 1.82) is 0 Å². The summed E-state index contributed by atoms with van der Waals surface area (Å²) in [4.78, 5) is 51.3. The van der Waals surface area contributed by atoms with Crippen molar-refractivity contribution in [1.82, 2.24) is 0 Å². The summed E-state index contributed by atoms with van der Waals surface area (Å²) in [7, 11) is 0. The molecule has 1 rings (SSSR count). The molecule has 1 heterocycles. The second kappa shape index (κ2) is 57.3. The van der Waals surface area contributed by atoms with E-state index in [2.05, 4.69) is 130 Å².